The minimum absolute atomic E-state index is 0.186. The summed E-state index contributed by atoms with van der Waals surface area (Å²) in [5.74, 6) is 0.420. The molecule has 3 aromatic rings. The molecule has 1 aliphatic heterocycles. The molecule has 0 bridgehead atoms. The highest BCUT2D eigenvalue weighted by atomic mass is 16.2. The Hall–Kier alpha value is -3.93. The normalized spacial score (nSPS) is 14.3. The highest BCUT2D eigenvalue weighted by molar-refractivity contribution is 6.05. The van der Waals surface area contributed by atoms with Crippen LogP contribution in [0.5, 0.6) is 0 Å². The van der Waals surface area contributed by atoms with Gasteiger partial charge in [0.1, 0.15) is 11.5 Å². The van der Waals surface area contributed by atoms with Crippen LogP contribution in [0.25, 0.3) is 6.08 Å². The van der Waals surface area contributed by atoms with Gasteiger partial charge in [-0.05, 0) is 35.9 Å². The molecule has 0 spiro atoms. The van der Waals surface area contributed by atoms with E-state index in [0.29, 0.717) is 31.7 Å². The van der Waals surface area contributed by atoms with Gasteiger partial charge in [0.2, 0.25) is 0 Å². The van der Waals surface area contributed by atoms with Crippen molar-refractivity contribution in [3.63, 3.8) is 0 Å². The molecule has 6 heteroatoms. The third kappa shape index (κ3) is 5.17. The predicted octanol–water partition coefficient (Wildman–Crippen LogP) is 3.20. The molecule has 1 aromatic heterocycles. The van der Waals surface area contributed by atoms with E-state index in [-0.39, 0.29) is 17.5 Å². The fourth-order valence-corrected chi connectivity index (χ4v) is 3.50. The molecule has 0 aliphatic carbocycles. The van der Waals surface area contributed by atoms with Gasteiger partial charge >= 0.3 is 0 Å². The van der Waals surface area contributed by atoms with Crippen molar-refractivity contribution in [1.29, 1.82) is 0 Å². The van der Waals surface area contributed by atoms with Crippen LogP contribution < -0.4 is 10.2 Å². The van der Waals surface area contributed by atoms with Crippen molar-refractivity contribution >= 4 is 23.7 Å². The van der Waals surface area contributed by atoms with E-state index >= 15 is 0 Å². The summed E-state index contributed by atoms with van der Waals surface area (Å²) in [4.78, 5) is 34.4. The Morgan fingerprint density at radius 2 is 1.45 bits per heavy atom. The molecule has 6 nitrogen and oxygen atoms in total. The minimum Gasteiger partial charge on any atom is -0.353 e. The lowest BCUT2D eigenvalue weighted by molar-refractivity contribution is -0.127. The van der Waals surface area contributed by atoms with Gasteiger partial charge in [-0.15, -0.1) is 0 Å². The van der Waals surface area contributed by atoms with Crippen molar-refractivity contribution in [3.05, 3.63) is 102 Å². The Balaban J connectivity index is 1.50. The Morgan fingerprint density at radius 1 is 0.806 bits per heavy atom. The first-order valence-corrected chi connectivity index (χ1v) is 10.3. The SMILES string of the molecule is O=C(N/C(=C\c1ccccc1)C(=O)N1CCN(c2ccccn2)CC1)c1ccccc1. The van der Waals surface area contributed by atoms with Gasteiger partial charge in [-0.1, -0.05) is 54.6 Å². The standard InChI is InChI=1S/C25H24N4O2/c30-24(21-11-5-2-6-12-21)27-22(19-20-9-3-1-4-10-20)25(31)29-17-15-28(16-18-29)23-13-7-8-14-26-23/h1-14,19H,15-18H2,(H,27,30)/b22-19-. The van der Waals surface area contributed by atoms with Gasteiger partial charge in [0, 0.05) is 37.9 Å². The van der Waals surface area contributed by atoms with Gasteiger partial charge in [0.15, 0.2) is 0 Å². The molecule has 0 saturated carbocycles. The fraction of sp³-hybridized carbons (Fsp3) is 0.160. The smallest absolute Gasteiger partial charge is 0.270 e. The van der Waals surface area contributed by atoms with Crippen molar-refractivity contribution in [2.75, 3.05) is 31.1 Å². The molecule has 2 heterocycles. The minimum atomic E-state index is -0.303. The highest BCUT2D eigenvalue weighted by Crippen LogP contribution is 2.15. The van der Waals surface area contributed by atoms with Crippen LogP contribution in [0, 0.1) is 0 Å². The number of pyridine rings is 1. The summed E-state index contributed by atoms with van der Waals surface area (Å²) >= 11 is 0. The largest absolute Gasteiger partial charge is 0.353 e. The number of rotatable bonds is 5. The lowest BCUT2D eigenvalue weighted by atomic mass is 10.1. The number of carbonyl (C=O) groups excluding carboxylic acids is 2. The number of piperazine rings is 1. The van der Waals surface area contributed by atoms with Crippen LogP contribution in [0.3, 0.4) is 0 Å². The van der Waals surface area contributed by atoms with E-state index in [4.69, 9.17) is 0 Å². The maximum atomic E-state index is 13.3. The summed E-state index contributed by atoms with van der Waals surface area (Å²) in [7, 11) is 0. The number of benzene rings is 2. The number of aromatic nitrogens is 1. The number of hydrogen-bond donors (Lipinski definition) is 1. The zero-order chi connectivity index (χ0) is 21.5. The van der Waals surface area contributed by atoms with Crippen LogP contribution in [0.4, 0.5) is 5.82 Å². The molecule has 0 atom stereocenters. The Bertz CT molecular complexity index is 1040. The van der Waals surface area contributed by atoms with E-state index < -0.39 is 0 Å². The fourth-order valence-electron chi connectivity index (χ4n) is 3.50. The monoisotopic (exact) mass is 412 g/mol. The molecular formula is C25H24N4O2. The summed E-state index contributed by atoms with van der Waals surface area (Å²) < 4.78 is 0. The second-order valence-corrected chi connectivity index (χ2v) is 7.26. The van der Waals surface area contributed by atoms with Crippen LogP contribution >= 0.6 is 0 Å². The van der Waals surface area contributed by atoms with Gasteiger partial charge in [-0.2, -0.15) is 0 Å². The molecule has 4 rings (SSSR count). The highest BCUT2D eigenvalue weighted by Gasteiger charge is 2.25. The van der Waals surface area contributed by atoms with Gasteiger partial charge in [-0.25, -0.2) is 4.98 Å². The number of nitrogens with zero attached hydrogens (tertiary/aromatic N) is 3. The number of anilines is 1. The maximum Gasteiger partial charge on any atom is 0.270 e. The zero-order valence-corrected chi connectivity index (χ0v) is 17.1. The lowest BCUT2D eigenvalue weighted by Crippen LogP contribution is -2.50. The molecule has 0 radical (unpaired) electrons. The van der Waals surface area contributed by atoms with Crippen LogP contribution in [0.1, 0.15) is 15.9 Å². The summed E-state index contributed by atoms with van der Waals surface area (Å²) in [6.45, 7) is 2.49. The number of amides is 2. The van der Waals surface area contributed by atoms with E-state index in [1.807, 2.05) is 54.6 Å². The molecule has 2 amide bonds. The van der Waals surface area contributed by atoms with E-state index in [0.717, 1.165) is 11.4 Å². The molecule has 1 N–H and O–H groups in total. The van der Waals surface area contributed by atoms with Gasteiger partial charge in [0.25, 0.3) is 11.8 Å². The van der Waals surface area contributed by atoms with E-state index in [2.05, 4.69) is 15.2 Å². The summed E-state index contributed by atoms with van der Waals surface area (Å²) in [5, 5.41) is 2.83. The van der Waals surface area contributed by atoms with E-state index in [1.54, 1.807) is 41.4 Å². The average molecular weight is 412 g/mol. The third-order valence-corrected chi connectivity index (χ3v) is 5.17. The van der Waals surface area contributed by atoms with Crippen LogP contribution in [0.15, 0.2) is 90.8 Å². The van der Waals surface area contributed by atoms with Crippen molar-refractivity contribution in [2.45, 2.75) is 0 Å². The maximum absolute atomic E-state index is 13.3. The predicted molar refractivity (Wildman–Crippen MR) is 121 cm³/mol. The second kappa shape index (κ2) is 9.71. The van der Waals surface area contributed by atoms with Crippen molar-refractivity contribution in [3.8, 4) is 0 Å². The molecule has 1 saturated heterocycles. The summed E-state index contributed by atoms with van der Waals surface area (Å²) in [6.07, 6.45) is 3.50. The van der Waals surface area contributed by atoms with Crippen molar-refractivity contribution in [2.24, 2.45) is 0 Å². The number of carbonyl (C=O) groups is 2. The molecule has 31 heavy (non-hydrogen) atoms. The molecule has 1 aliphatic rings. The Labute approximate surface area is 181 Å². The lowest BCUT2D eigenvalue weighted by Gasteiger charge is -2.35. The molecule has 156 valence electrons. The van der Waals surface area contributed by atoms with Crippen LogP contribution in [-0.4, -0.2) is 47.9 Å². The molecule has 2 aromatic carbocycles. The second-order valence-electron chi connectivity index (χ2n) is 7.26. The quantitative estimate of drug-likeness (QED) is 0.654. The van der Waals surface area contributed by atoms with E-state index in [9.17, 15) is 9.59 Å². The topological polar surface area (TPSA) is 65.5 Å². The molecular weight excluding hydrogens is 388 g/mol. The number of nitrogens with one attached hydrogen (secondary N) is 1. The van der Waals surface area contributed by atoms with Gasteiger partial charge < -0.3 is 15.1 Å². The molecule has 1 fully saturated rings. The van der Waals surface area contributed by atoms with Crippen LogP contribution in [-0.2, 0) is 4.79 Å². The Morgan fingerprint density at radius 3 is 2.10 bits per heavy atom. The van der Waals surface area contributed by atoms with E-state index in [1.165, 1.54) is 0 Å². The van der Waals surface area contributed by atoms with Gasteiger partial charge in [-0.3, -0.25) is 9.59 Å². The first-order chi connectivity index (χ1) is 15.2. The zero-order valence-electron chi connectivity index (χ0n) is 17.1. The Kier molecular flexibility index (Phi) is 6.38. The van der Waals surface area contributed by atoms with Crippen molar-refractivity contribution < 1.29 is 9.59 Å². The van der Waals surface area contributed by atoms with Crippen LogP contribution in [0.2, 0.25) is 0 Å². The number of hydrogen-bond acceptors (Lipinski definition) is 4. The van der Waals surface area contributed by atoms with Gasteiger partial charge in [0.05, 0.1) is 0 Å². The van der Waals surface area contributed by atoms with Crippen molar-refractivity contribution in [1.82, 2.24) is 15.2 Å². The summed E-state index contributed by atoms with van der Waals surface area (Å²) in [5.41, 5.74) is 1.63. The first-order valence-electron chi connectivity index (χ1n) is 10.3. The summed E-state index contributed by atoms with van der Waals surface area (Å²) in [6, 6.07) is 24.2. The molecule has 0 unspecified atom stereocenters. The first kappa shape index (κ1) is 20.3. The average Bonchev–Trinajstić information content (AvgIpc) is 2.85. The third-order valence-electron chi connectivity index (χ3n) is 5.17.